The van der Waals surface area contributed by atoms with Crippen molar-refractivity contribution in [2.75, 3.05) is 0 Å². The van der Waals surface area contributed by atoms with Gasteiger partial charge in [-0.15, -0.1) is 0 Å². The average Bonchev–Trinajstić information content (AvgIpc) is 3.68. The minimum atomic E-state index is -0.922. The van der Waals surface area contributed by atoms with Crippen LogP contribution in [0.25, 0.3) is 0 Å². The standard InChI is InChI=1S/C46H66N2O8/c1-12-35(50)48(47-38(51)27-17-22-55-26(27)4)46-21-20-44(10)28(37(46)36(25(2)3)31(49)24-46)13-14-33-43(9)18-16-34(42(7,8)32(43)15-19-45(33,44)11)56-40(54)30-23-29(39(52)53)41(30,5)6/h17,22,25,28-30,32-34H,12-16,18-21,23-24H2,1-11H3,(H,47,51)(H,52,53)/t28-,29+,30-,32+,33-,34+,43+,44-,45-,46-/m1/s1. The molecule has 1 aromatic rings. The van der Waals surface area contributed by atoms with E-state index in [9.17, 15) is 29.1 Å². The highest BCUT2D eigenvalue weighted by Crippen LogP contribution is 2.76. The van der Waals surface area contributed by atoms with Crippen LogP contribution in [-0.2, 0) is 23.9 Å². The molecule has 0 aliphatic heterocycles. The van der Waals surface area contributed by atoms with E-state index in [1.54, 1.807) is 18.0 Å². The zero-order valence-corrected chi connectivity index (χ0v) is 35.7. The van der Waals surface area contributed by atoms with Crippen molar-refractivity contribution in [3.8, 4) is 0 Å². The van der Waals surface area contributed by atoms with Crippen molar-refractivity contribution < 1.29 is 38.2 Å². The van der Waals surface area contributed by atoms with E-state index >= 15 is 0 Å². The van der Waals surface area contributed by atoms with Crippen LogP contribution in [0.15, 0.2) is 27.9 Å². The van der Waals surface area contributed by atoms with Crippen molar-refractivity contribution >= 4 is 29.5 Å². The number of carbonyl (C=O) groups excluding carboxylic acids is 4. The number of amides is 2. The topological polar surface area (TPSA) is 143 Å². The number of hydrogen-bond donors (Lipinski definition) is 2. The third-order valence-corrected chi connectivity index (χ3v) is 17.7. The summed E-state index contributed by atoms with van der Waals surface area (Å²) in [5.41, 5.74) is 3.33. The van der Waals surface area contributed by atoms with Gasteiger partial charge in [-0.25, -0.2) is 5.01 Å². The second-order valence-electron chi connectivity index (χ2n) is 20.9. The van der Waals surface area contributed by atoms with Crippen molar-refractivity contribution in [2.45, 2.75) is 158 Å². The van der Waals surface area contributed by atoms with Gasteiger partial charge in [0.25, 0.3) is 5.91 Å². The van der Waals surface area contributed by atoms with Gasteiger partial charge in [-0.1, -0.05) is 69.2 Å². The molecule has 5 saturated carbocycles. The van der Waals surface area contributed by atoms with E-state index in [4.69, 9.17) is 9.15 Å². The smallest absolute Gasteiger partial charge is 0.309 e. The molecule has 2 amide bonds. The number of nitrogens with zero attached hydrogens (tertiary/aromatic N) is 1. The van der Waals surface area contributed by atoms with Crippen LogP contribution in [0.1, 0.15) is 156 Å². The summed E-state index contributed by atoms with van der Waals surface area (Å²) in [5, 5.41) is 11.2. The summed E-state index contributed by atoms with van der Waals surface area (Å²) in [5.74, 6) is -1.28. The quantitative estimate of drug-likeness (QED) is 0.207. The molecule has 5 fully saturated rings. The number of fused-ring (bicyclic) bond motifs is 7. The van der Waals surface area contributed by atoms with Crippen LogP contribution in [-0.4, -0.2) is 51.3 Å². The van der Waals surface area contributed by atoms with Gasteiger partial charge >= 0.3 is 11.9 Å². The minimum absolute atomic E-state index is 0.00740. The molecule has 10 heteroatoms. The molecule has 308 valence electrons. The monoisotopic (exact) mass is 774 g/mol. The predicted octanol–water partition coefficient (Wildman–Crippen LogP) is 8.86. The van der Waals surface area contributed by atoms with Gasteiger partial charge in [-0.2, -0.15) is 0 Å². The van der Waals surface area contributed by atoms with Gasteiger partial charge in [-0.05, 0) is 127 Å². The van der Waals surface area contributed by atoms with E-state index in [0.717, 1.165) is 56.1 Å². The van der Waals surface area contributed by atoms with Crippen LogP contribution < -0.4 is 5.43 Å². The average molecular weight is 775 g/mol. The van der Waals surface area contributed by atoms with E-state index < -0.39 is 34.7 Å². The number of nitrogens with one attached hydrogen (secondary N) is 1. The van der Waals surface area contributed by atoms with Gasteiger partial charge < -0.3 is 14.3 Å². The zero-order valence-electron chi connectivity index (χ0n) is 35.7. The molecule has 1 heterocycles. The van der Waals surface area contributed by atoms with Gasteiger partial charge in [0.05, 0.1) is 29.2 Å². The van der Waals surface area contributed by atoms with Crippen molar-refractivity contribution in [2.24, 2.45) is 62.6 Å². The number of carboxylic acid groups (broad SMARTS) is 1. The Morgan fingerprint density at radius 1 is 0.911 bits per heavy atom. The maximum Gasteiger partial charge on any atom is 0.309 e. The third kappa shape index (κ3) is 5.48. The van der Waals surface area contributed by atoms with Gasteiger partial charge in [0.2, 0.25) is 5.91 Å². The third-order valence-electron chi connectivity index (χ3n) is 17.7. The molecule has 10 nitrogen and oxygen atoms in total. The highest BCUT2D eigenvalue weighted by atomic mass is 16.5. The lowest BCUT2D eigenvalue weighted by atomic mass is 9.33. The fraction of sp³-hybridized carbons (Fsp3) is 0.761. The molecular weight excluding hydrogens is 709 g/mol. The molecular formula is C46H66N2O8. The lowest BCUT2D eigenvalue weighted by Crippen LogP contribution is -2.69. The van der Waals surface area contributed by atoms with Gasteiger partial charge in [0.1, 0.15) is 11.9 Å². The molecule has 10 atom stereocenters. The molecule has 56 heavy (non-hydrogen) atoms. The van der Waals surface area contributed by atoms with Gasteiger partial charge in [-0.3, -0.25) is 29.4 Å². The number of esters is 1. The normalized spacial score (nSPS) is 39.4. The number of furan rings is 1. The second-order valence-corrected chi connectivity index (χ2v) is 20.9. The molecule has 0 saturated heterocycles. The first kappa shape index (κ1) is 40.8. The summed E-state index contributed by atoms with van der Waals surface area (Å²) in [6.07, 6.45) is 9.04. The summed E-state index contributed by atoms with van der Waals surface area (Å²) in [7, 11) is 0. The Morgan fingerprint density at radius 3 is 2.20 bits per heavy atom. The summed E-state index contributed by atoms with van der Waals surface area (Å²) < 4.78 is 11.9. The highest BCUT2D eigenvalue weighted by Gasteiger charge is 2.71. The maximum atomic E-state index is 14.3. The zero-order chi connectivity index (χ0) is 41.1. The number of hydrogen-bond acceptors (Lipinski definition) is 7. The Bertz CT molecular complexity index is 1870. The number of rotatable bonds is 7. The lowest BCUT2D eigenvalue weighted by molar-refractivity contribution is -0.237. The van der Waals surface area contributed by atoms with Crippen LogP contribution in [0.4, 0.5) is 0 Å². The summed E-state index contributed by atoms with van der Waals surface area (Å²) >= 11 is 0. The van der Waals surface area contributed by atoms with Crippen molar-refractivity contribution in [3.05, 3.63) is 34.8 Å². The highest BCUT2D eigenvalue weighted by molar-refractivity contribution is 6.03. The van der Waals surface area contributed by atoms with Crippen molar-refractivity contribution in [3.63, 3.8) is 0 Å². The Hall–Kier alpha value is -3.43. The summed E-state index contributed by atoms with van der Waals surface area (Å²) in [6.45, 7) is 23.5. The molecule has 2 N–H and O–H groups in total. The van der Waals surface area contributed by atoms with Crippen LogP contribution in [0.3, 0.4) is 0 Å². The van der Waals surface area contributed by atoms with Crippen LogP contribution >= 0.6 is 0 Å². The molecule has 0 radical (unpaired) electrons. The number of ketones is 1. The lowest BCUT2D eigenvalue weighted by Gasteiger charge is -2.72. The van der Waals surface area contributed by atoms with Gasteiger partial charge in [0, 0.05) is 18.3 Å². The summed E-state index contributed by atoms with van der Waals surface area (Å²) in [6, 6.07) is 1.62. The molecule has 7 rings (SSSR count). The number of carbonyl (C=O) groups is 5. The van der Waals surface area contributed by atoms with E-state index in [0.29, 0.717) is 36.0 Å². The number of Topliss-reactive ketones (excluding diaryl/α,β-unsaturated/α-hetero) is 1. The molecule has 6 aliphatic carbocycles. The SMILES string of the molecule is CCC(=O)N(NC(=O)c1ccoc1C)[C@@]12CC[C@]3(C)[C@H](CC[C@@H]4[C@@]5(C)CC[C@H](OC(=O)[C@H]6C[C@@H](C(=O)O)C6(C)C)C(C)(C)[C@@H]5CC[C@]43C)C1=C(C(C)C)C(=O)C2. The largest absolute Gasteiger partial charge is 0.481 e. The Labute approximate surface area is 333 Å². The number of allylic oxidation sites excluding steroid dienone is 1. The maximum absolute atomic E-state index is 14.3. The first-order valence-corrected chi connectivity index (χ1v) is 21.4. The second kappa shape index (κ2) is 13.3. The number of hydrazine groups is 1. The number of aliphatic carboxylic acids is 1. The fourth-order valence-electron chi connectivity index (χ4n) is 14.4. The Morgan fingerprint density at radius 2 is 1.61 bits per heavy atom. The fourth-order valence-corrected chi connectivity index (χ4v) is 14.4. The van der Waals surface area contributed by atoms with E-state index in [2.05, 4.69) is 53.9 Å². The molecule has 0 bridgehead atoms. The molecule has 6 aliphatic rings. The van der Waals surface area contributed by atoms with E-state index in [1.807, 2.05) is 20.8 Å². The van der Waals surface area contributed by atoms with Crippen molar-refractivity contribution in [1.82, 2.24) is 10.4 Å². The van der Waals surface area contributed by atoms with E-state index in [1.165, 1.54) is 6.26 Å². The molecule has 0 spiro atoms. The number of carboxylic acids is 1. The van der Waals surface area contributed by atoms with Crippen LogP contribution in [0, 0.1) is 69.5 Å². The minimum Gasteiger partial charge on any atom is -0.481 e. The molecule has 0 unspecified atom stereocenters. The first-order valence-electron chi connectivity index (χ1n) is 21.4. The molecule has 1 aromatic heterocycles. The van der Waals surface area contributed by atoms with Gasteiger partial charge in [0.15, 0.2) is 5.78 Å². The summed E-state index contributed by atoms with van der Waals surface area (Å²) in [4.78, 5) is 67.5. The molecule has 0 aromatic carbocycles. The van der Waals surface area contributed by atoms with E-state index in [-0.39, 0.29) is 70.1 Å². The predicted molar refractivity (Wildman–Crippen MR) is 211 cm³/mol. The number of ether oxygens (including phenoxy) is 1. The van der Waals surface area contributed by atoms with Crippen LogP contribution in [0.5, 0.6) is 0 Å². The van der Waals surface area contributed by atoms with Crippen molar-refractivity contribution in [1.29, 1.82) is 0 Å². The first-order chi connectivity index (χ1) is 26.0. The van der Waals surface area contributed by atoms with Crippen LogP contribution in [0.2, 0.25) is 0 Å². The Balaban J connectivity index is 1.20. The number of aryl methyl sites for hydroxylation is 1. The Kier molecular flexibility index (Phi) is 9.68.